The van der Waals surface area contributed by atoms with Gasteiger partial charge in [-0.2, -0.15) is 0 Å². The molecule has 0 spiro atoms. The monoisotopic (exact) mass is 180 g/mol. The average molecular weight is 180 g/mol. The van der Waals surface area contributed by atoms with Gasteiger partial charge in [-0.1, -0.05) is 0 Å². The topological polar surface area (TPSA) is 65.2 Å². The minimum Gasteiger partial charge on any atom is -0.469 e. The molecule has 0 fully saturated rings. The first kappa shape index (κ1) is 9.51. The van der Waals surface area contributed by atoms with Gasteiger partial charge in [-0.15, -0.1) is 0 Å². The number of nitrogens with two attached hydrogens (primary N) is 1. The first-order chi connectivity index (χ1) is 6.15. The molecule has 2 N–H and O–H groups in total. The molecule has 1 heterocycles. The van der Waals surface area contributed by atoms with Gasteiger partial charge < -0.3 is 10.5 Å². The minimum absolute atomic E-state index is 0.223. The summed E-state index contributed by atoms with van der Waals surface area (Å²) in [5.74, 6) is -0.282. The van der Waals surface area contributed by atoms with E-state index in [1.165, 1.54) is 7.11 Å². The lowest BCUT2D eigenvalue weighted by molar-refractivity contribution is -0.139. The molecule has 0 amide bonds. The van der Waals surface area contributed by atoms with Crippen molar-refractivity contribution in [2.45, 2.75) is 13.3 Å². The maximum Gasteiger partial charge on any atom is 0.310 e. The lowest BCUT2D eigenvalue weighted by atomic mass is 10.1. The number of nitrogen functional groups attached to an aromatic ring is 1. The molecule has 13 heavy (non-hydrogen) atoms. The number of rotatable bonds is 2. The number of carbonyl (C=O) groups excluding carboxylic acids is 1. The molecule has 0 aliphatic carbocycles. The van der Waals surface area contributed by atoms with Crippen LogP contribution in [0.25, 0.3) is 0 Å². The summed E-state index contributed by atoms with van der Waals surface area (Å²) in [7, 11) is 1.36. The molecule has 0 saturated carbocycles. The van der Waals surface area contributed by atoms with Gasteiger partial charge in [-0.05, 0) is 18.1 Å². The molecule has 1 aromatic heterocycles. The first-order valence-corrected chi connectivity index (χ1v) is 3.91. The predicted molar refractivity (Wildman–Crippen MR) is 49.1 cm³/mol. The summed E-state index contributed by atoms with van der Waals surface area (Å²) in [4.78, 5) is 14.9. The number of esters is 1. The lowest BCUT2D eigenvalue weighted by Gasteiger charge is -2.05. The Morgan fingerprint density at radius 3 is 2.92 bits per heavy atom. The largest absolute Gasteiger partial charge is 0.469 e. The zero-order chi connectivity index (χ0) is 9.84. The SMILES string of the molecule is COC(=O)Cc1cncc(N)c1C. The zero-order valence-electron chi connectivity index (χ0n) is 7.70. The Morgan fingerprint density at radius 2 is 2.31 bits per heavy atom. The number of nitrogens with zero attached hydrogens (tertiary/aromatic N) is 1. The van der Waals surface area contributed by atoms with Crippen LogP contribution in [0.2, 0.25) is 0 Å². The van der Waals surface area contributed by atoms with Gasteiger partial charge in [0.25, 0.3) is 0 Å². The fraction of sp³-hybridized carbons (Fsp3) is 0.333. The van der Waals surface area contributed by atoms with Crippen molar-refractivity contribution in [3.63, 3.8) is 0 Å². The molecule has 0 saturated heterocycles. The second-order valence-corrected chi connectivity index (χ2v) is 2.77. The van der Waals surface area contributed by atoms with Gasteiger partial charge >= 0.3 is 5.97 Å². The fourth-order valence-electron chi connectivity index (χ4n) is 0.992. The van der Waals surface area contributed by atoms with Crippen molar-refractivity contribution in [1.82, 2.24) is 4.98 Å². The molecular weight excluding hydrogens is 168 g/mol. The van der Waals surface area contributed by atoms with Crippen LogP contribution in [0.4, 0.5) is 5.69 Å². The maximum atomic E-state index is 11.0. The van der Waals surface area contributed by atoms with Crippen LogP contribution in [0.3, 0.4) is 0 Å². The number of ether oxygens (including phenoxy) is 1. The van der Waals surface area contributed by atoms with Crippen LogP contribution >= 0.6 is 0 Å². The van der Waals surface area contributed by atoms with Crippen LogP contribution < -0.4 is 5.73 Å². The number of methoxy groups -OCH3 is 1. The highest BCUT2D eigenvalue weighted by molar-refractivity contribution is 5.73. The molecular formula is C9H12N2O2. The van der Waals surface area contributed by atoms with E-state index in [0.717, 1.165) is 11.1 Å². The maximum absolute atomic E-state index is 11.0. The summed E-state index contributed by atoms with van der Waals surface area (Å²) in [6.45, 7) is 1.86. The quantitative estimate of drug-likeness (QED) is 0.680. The van der Waals surface area contributed by atoms with Gasteiger partial charge in [0.2, 0.25) is 0 Å². The van der Waals surface area contributed by atoms with E-state index in [2.05, 4.69) is 9.72 Å². The van der Waals surface area contributed by atoms with Crippen LogP contribution in [0.15, 0.2) is 12.4 Å². The predicted octanol–water partition coefficient (Wildman–Crippen LogP) is 0.688. The Bertz CT molecular complexity index is 323. The summed E-state index contributed by atoms with van der Waals surface area (Å²) >= 11 is 0. The van der Waals surface area contributed by atoms with Crippen molar-refractivity contribution < 1.29 is 9.53 Å². The minimum atomic E-state index is -0.282. The van der Waals surface area contributed by atoms with E-state index >= 15 is 0 Å². The van der Waals surface area contributed by atoms with Crippen LogP contribution in [-0.4, -0.2) is 18.1 Å². The summed E-state index contributed by atoms with van der Waals surface area (Å²) in [6, 6.07) is 0. The number of aromatic nitrogens is 1. The van der Waals surface area contributed by atoms with Gasteiger partial charge in [0, 0.05) is 6.20 Å². The van der Waals surface area contributed by atoms with Crippen LogP contribution in [0, 0.1) is 6.92 Å². The van der Waals surface area contributed by atoms with E-state index < -0.39 is 0 Å². The van der Waals surface area contributed by atoms with Crippen molar-refractivity contribution in [2.75, 3.05) is 12.8 Å². The zero-order valence-corrected chi connectivity index (χ0v) is 7.70. The van der Waals surface area contributed by atoms with Crippen molar-refractivity contribution in [1.29, 1.82) is 0 Å². The molecule has 0 aliphatic heterocycles. The van der Waals surface area contributed by atoms with Crippen molar-refractivity contribution >= 4 is 11.7 Å². The average Bonchev–Trinajstić information content (AvgIpc) is 2.13. The molecule has 1 rings (SSSR count). The summed E-state index contributed by atoms with van der Waals surface area (Å²) in [5.41, 5.74) is 7.92. The molecule has 4 nitrogen and oxygen atoms in total. The van der Waals surface area contributed by atoms with Gasteiger partial charge in [0.15, 0.2) is 0 Å². The molecule has 0 aromatic carbocycles. The third kappa shape index (κ3) is 2.18. The normalized spacial score (nSPS) is 9.69. The standard InChI is InChI=1S/C9H12N2O2/c1-6-7(3-9(12)13-2)4-11-5-8(6)10/h4-5H,3,10H2,1-2H3. The van der Waals surface area contributed by atoms with E-state index in [1.54, 1.807) is 12.4 Å². The van der Waals surface area contributed by atoms with Crippen LogP contribution in [-0.2, 0) is 16.0 Å². The van der Waals surface area contributed by atoms with Crippen molar-refractivity contribution in [3.8, 4) is 0 Å². The molecule has 0 radical (unpaired) electrons. The van der Waals surface area contributed by atoms with Gasteiger partial charge in [0.1, 0.15) is 0 Å². The Kier molecular flexibility index (Phi) is 2.84. The van der Waals surface area contributed by atoms with Crippen molar-refractivity contribution in [3.05, 3.63) is 23.5 Å². The number of anilines is 1. The second-order valence-electron chi connectivity index (χ2n) is 2.77. The Labute approximate surface area is 76.7 Å². The summed E-state index contributed by atoms with van der Waals surface area (Å²) in [5, 5.41) is 0. The van der Waals surface area contributed by atoms with Crippen molar-refractivity contribution in [2.24, 2.45) is 0 Å². The van der Waals surface area contributed by atoms with Crippen LogP contribution in [0.1, 0.15) is 11.1 Å². The Balaban J connectivity index is 2.89. The third-order valence-corrected chi connectivity index (χ3v) is 1.92. The number of pyridine rings is 1. The van der Waals surface area contributed by atoms with E-state index in [-0.39, 0.29) is 12.4 Å². The first-order valence-electron chi connectivity index (χ1n) is 3.91. The van der Waals surface area contributed by atoms with Gasteiger partial charge in [-0.3, -0.25) is 9.78 Å². The fourth-order valence-corrected chi connectivity index (χ4v) is 0.992. The second kappa shape index (κ2) is 3.89. The molecule has 1 aromatic rings. The highest BCUT2D eigenvalue weighted by Crippen LogP contribution is 2.14. The molecule has 4 heteroatoms. The Morgan fingerprint density at radius 1 is 1.62 bits per heavy atom. The van der Waals surface area contributed by atoms with E-state index in [0.29, 0.717) is 5.69 Å². The number of carbonyl (C=O) groups is 1. The molecule has 0 unspecified atom stereocenters. The number of hydrogen-bond donors (Lipinski definition) is 1. The Hall–Kier alpha value is -1.58. The summed E-state index contributed by atoms with van der Waals surface area (Å²) < 4.78 is 4.54. The van der Waals surface area contributed by atoms with E-state index in [1.807, 2.05) is 6.92 Å². The third-order valence-electron chi connectivity index (χ3n) is 1.92. The lowest BCUT2D eigenvalue weighted by Crippen LogP contribution is -2.07. The number of hydrogen-bond acceptors (Lipinski definition) is 4. The van der Waals surface area contributed by atoms with Crippen LogP contribution in [0.5, 0.6) is 0 Å². The smallest absolute Gasteiger partial charge is 0.310 e. The van der Waals surface area contributed by atoms with Gasteiger partial charge in [-0.25, -0.2) is 0 Å². The molecule has 70 valence electrons. The van der Waals surface area contributed by atoms with Gasteiger partial charge in [0.05, 0.1) is 25.4 Å². The van der Waals surface area contributed by atoms with E-state index in [9.17, 15) is 4.79 Å². The molecule has 0 aliphatic rings. The molecule has 0 bridgehead atoms. The summed E-state index contributed by atoms with van der Waals surface area (Å²) in [6.07, 6.45) is 3.42. The molecule has 0 atom stereocenters. The highest BCUT2D eigenvalue weighted by atomic mass is 16.5. The highest BCUT2D eigenvalue weighted by Gasteiger charge is 2.07. The van der Waals surface area contributed by atoms with E-state index in [4.69, 9.17) is 5.73 Å².